The van der Waals surface area contributed by atoms with Crippen molar-refractivity contribution in [1.29, 1.82) is 0 Å². The summed E-state index contributed by atoms with van der Waals surface area (Å²) in [6, 6.07) is 10.5. The van der Waals surface area contributed by atoms with Crippen LogP contribution in [-0.2, 0) is 11.2 Å². The fraction of sp³-hybridized carbons (Fsp3) is 0.467. The maximum atomic E-state index is 5.92. The molecule has 0 aliphatic carbocycles. The number of aryl methyl sites for hydroxylation is 1. The molecule has 0 spiro atoms. The minimum atomic E-state index is -0.137. The molecule has 0 heterocycles. The zero-order valence-electron chi connectivity index (χ0n) is 10.7. The third-order valence-electron chi connectivity index (χ3n) is 2.25. The lowest BCUT2D eigenvalue weighted by atomic mass is 10.1. The van der Waals surface area contributed by atoms with Crippen molar-refractivity contribution in [2.45, 2.75) is 45.3 Å². The van der Waals surface area contributed by atoms with Gasteiger partial charge in [-0.2, -0.15) is 0 Å². The highest BCUT2D eigenvalue weighted by molar-refractivity contribution is 14.1. The molecular formula is C15H19IO. The molecule has 0 aliphatic heterocycles. The molecule has 0 bridgehead atoms. The van der Waals surface area contributed by atoms with Crippen LogP contribution in [0.1, 0.15) is 32.8 Å². The molecule has 2 heteroatoms. The summed E-state index contributed by atoms with van der Waals surface area (Å²) in [5, 5.41) is 0. The van der Waals surface area contributed by atoms with Gasteiger partial charge in [0.25, 0.3) is 0 Å². The van der Waals surface area contributed by atoms with Crippen LogP contribution in [0.4, 0.5) is 0 Å². The van der Waals surface area contributed by atoms with E-state index < -0.39 is 0 Å². The predicted octanol–water partition coefficient (Wildman–Crippen LogP) is 4.20. The normalized spacial score (nSPS) is 12.7. The van der Waals surface area contributed by atoms with Crippen LogP contribution in [0.15, 0.2) is 30.3 Å². The molecule has 1 atom stereocenters. The molecule has 1 aromatic rings. The molecule has 0 N–H and O–H groups in total. The molecular weight excluding hydrogens is 323 g/mol. The van der Waals surface area contributed by atoms with E-state index in [1.165, 1.54) is 5.56 Å². The van der Waals surface area contributed by atoms with E-state index in [4.69, 9.17) is 4.74 Å². The van der Waals surface area contributed by atoms with Crippen LogP contribution in [0.2, 0.25) is 0 Å². The van der Waals surface area contributed by atoms with Gasteiger partial charge in [-0.25, -0.2) is 0 Å². The summed E-state index contributed by atoms with van der Waals surface area (Å²) in [5.41, 5.74) is 1.20. The summed E-state index contributed by atoms with van der Waals surface area (Å²) in [7, 11) is 0. The summed E-state index contributed by atoms with van der Waals surface area (Å²) < 4.78 is 8.84. The van der Waals surface area contributed by atoms with Crippen LogP contribution >= 0.6 is 22.6 Å². The summed E-state index contributed by atoms with van der Waals surface area (Å²) in [6.45, 7) is 6.20. The average molecular weight is 342 g/mol. The van der Waals surface area contributed by atoms with Crippen molar-refractivity contribution in [3.05, 3.63) is 35.9 Å². The Morgan fingerprint density at radius 1 is 1.24 bits per heavy atom. The van der Waals surface area contributed by atoms with Crippen molar-refractivity contribution < 1.29 is 4.74 Å². The second kappa shape index (κ2) is 7.03. The molecule has 1 rings (SSSR count). The Labute approximate surface area is 118 Å². The quantitative estimate of drug-likeness (QED) is 0.589. The molecule has 1 nitrogen and oxygen atoms in total. The number of ether oxygens (including phenoxy) is 1. The van der Waals surface area contributed by atoms with Crippen molar-refractivity contribution in [1.82, 2.24) is 0 Å². The lowest BCUT2D eigenvalue weighted by molar-refractivity contribution is -0.0363. The number of hydrogen-bond acceptors (Lipinski definition) is 1. The summed E-state index contributed by atoms with van der Waals surface area (Å²) in [4.78, 5) is 0. The van der Waals surface area contributed by atoms with Gasteiger partial charge in [0.15, 0.2) is 0 Å². The fourth-order valence-corrected chi connectivity index (χ4v) is 1.94. The Morgan fingerprint density at radius 2 is 1.88 bits per heavy atom. The van der Waals surface area contributed by atoms with Crippen LogP contribution in [0, 0.1) is 9.85 Å². The zero-order chi connectivity index (χ0) is 12.7. The summed E-state index contributed by atoms with van der Waals surface area (Å²) in [6.07, 6.45) is 1.97. The smallest absolute Gasteiger partial charge is 0.120 e. The average Bonchev–Trinajstić information content (AvgIpc) is 2.26. The van der Waals surface area contributed by atoms with Crippen molar-refractivity contribution in [3.8, 4) is 9.85 Å². The van der Waals surface area contributed by atoms with Gasteiger partial charge in [-0.3, -0.25) is 0 Å². The fourth-order valence-electron chi connectivity index (χ4n) is 1.59. The monoisotopic (exact) mass is 342 g/mol. The minimum absolute atomic E-state index is 0.0205. The Hall–Kier alpha value is -0.530. The van der Waals surface area contributed by atoms with Crippen LogP contribution in [-0.4, -0.2) is 11.7 Å². The lowest BCUT2D eigenvalue weighted by Gasteiger charge is -2.24. The zero-order valence-corrected chi connectivity index (χ0v) is 12.8. The van der Waals surface area contributed by atoms with E-state index in [9.17, 15) is 0 Å². The van der Waals surface area contributed by atoms with E-state index in [2.05, 4.69) is 77.5 Å². The molecule has 0 aliphatic rings. The topological polar surface area (TPSA) is 9.23 Å². The highest BCUT2D eigenvalue weighted by Gasteiger charge is 2.16. The first-order valence-electron chi connectivity index (χ1n) is 5.84. The highest BCUT2D eigenvalue weighted by Crippen LogP contribution is 2.15. The molecule has 0 amide bonds. The first kappa shape index (κ1) is 14.5. The van der Waals surface area contributed by atoms with Gasteiger partial charge in [-0.05, 0) is 43.1 Å². The number of halogens is 1. The Morgan fingerprint density at radius 3 is 2.41 bits per heavy atom. The Kier molecular flexibility index (Phi) is 6.01. The first-order chi connectivity index (χ1) is 8.01. The van der Waals surface area contributed by atoms with Crippen molar-refractivity contribution in [2.75, 3.05) is 0 Å². The van der Waals surface area contributed by atoms with E-state index in [-0.39, 0.29) is 11.7 Å². The maximum Gasteiger partial charge on any atom is 0.120 e. The molecule has 17 heavy (non-hydrogen) atoms. The predicted molar refractivity (Wildman–Crippen MR) is 81.2 cm³/mol. The van der Waals surface area contributed by atoms with E-state index >= 15 is 0 Å². The van der Waals surface area contributed by atoms with Crippen molar-refractivity contribution >= 4 is 22.6 Å². The SMILES string of the molecule is CC(C)(C)OC(C#CI)CCc1ccccc1. The number of rotatable bonds is 4. The van der Waals surface area contributed by atoms with Crippen LogP contribution in [0.5, 0.6) is 0 Å². The van der Waals surface area contributed by atoms with Gasteiger partial charge in [0.05, 0.1) is 5.60 Å². The van der Waals surface area contributed by atoms with E-state index in [1.807, 2.05) is 6.07 Å². The summed E-state index contributed by atoms with van der Waals surface area (Å²) in [5.74, 6) is 3.12. The van der Waals surface area contributed by atoms with Gasteiger partial charge < -0.3 is 4.74 Å². The standard InChI is InChI=1S/C15H19IO/c1-15(2,3)17-14(11-12-16)10-9-13-7-5-4-6-8-13/h4-8,14H,9-10H2,1-3H3. The van der Waals surface area contributed by atoms with E-state index in [1.54, 1.807) is 0 Å². The Bertz CT molecular complexity index is 381. The molecule has 0 fully saturated rings. The molecule has 92 valence electrons. The third kappa shape index (κ3) is 6.70. The largest absolute Gasteiger partial charge is 0.360 e. The lowest BCUT2D eigenvalue weighted by Crippen LogP contribution is -2.26. The number of hydrogen-bond donors (Lipinski definition) is 0. The van der Waals surface area contributed by atoms with Gasteiger partial charge >= 0.3 is 0 Å². The molecule has 0 aromatic heterocycles. The maximum absolute atomic E-state index is 5.92. The van der Waals surface area contributed by atoms with Gasteiger partial charge in [-0.15, -0.1) is 0 Å². The number of benzene rings is 1. The van der Waals surface area contributed by atoms with Gasteiger partial charge in [0.2, 0.25) is 0 Å². The van der Waals surface area contributed by atoms with Crippen molar-refractivity contribution in [2.24, 2.45) is 0 Å². The first-order valence-corrected chi connectivity index (χ1v) is 6.92. The Balaban J connectivity index is 2.53. The summed E-state index contributed by atoms with van der Waals surface area (Å²) >= 11 is 2.07. The molecule has 1 unspecified atom stereocenters. The minimum Gasteiger partial charge on any atom is -0.360 e. The second-order valence-electron chi connectivity index (χ2n) is 4.98. The van der Waals surface area contributed by atoms with E-state index in [0.717, 1.165) is 12.8 Å². The third-order valence-corrected chi connectivity index (χ3v) is 2.56. The molecule has 0 radical (unpaired) electrons. The van der Waals surface area contributed by atoms with Gasteiger partial charge in [0.1, 0.15) is 6.10 Å². The molecule has 0 saturated heterocycles. The van der Waals surface area contributed by atoms with Gasteiger partial charge in [-0.1, -0.05) is 36.3 Å². The van der Waals surface area contributed by atoms with Crippen LogP contribution in [0.3, 0.4) is 0 Å². The molecule has 0 saturated carbocycles. The van der Waals surface area contributed by atoms with Gasteiger partial charge in [0, 0.05) is 22.6 Å². The van der Waals surface area contributed by atoms with Crippen molar-refractivity contribution in [3.63, 3.8) is 0 Å². The van der Waals surface area contributed by atoms with Crippen LogP contribution in [0.25, 0.3) is 0 Å². The molecule has 1 aromatic carbocycles. The second-order valence-corrected chi connectivity index (χ2v) is 5.52. The highest BCUT2D eigenvalue weighted by atomic mass is 127. The van der Waals surface area contributed by atoms with Crippen LogP contribution < -0.4 is 0 Å². The van der Waals surface area contributed by atoms with E-state index in [0.29, 0.717) is 0 Å².